The first-order valence-electron chi connectivity index (χ1n) is 7.05. The number of amides is 1. The Morgan fingerprint density at radius 1 is 1.41 bits per heavy atom. The lowest BCUT2D eigenvalue weighted by Gasteiger charge is -2.27. The van der Waals surface area contributed by atoms with Gasteiger partial charge >= 0.3 is 6.08 Å². The molecule has 7 heteroatoms. The zero-order valence-corrected chi connectivity index (χ0v) is 14.9. The van der Waals surface area contributed by atoms with Crippen molar-refractivity contribution in [2.24, 2.45) is 0 Å². The Labute approximate surface area is 145 Å². The molecule has 0 aliphatic carbocycles. The number of carbonyl (C=O) groups excluding carboxylic acids is 1. The van der Waals surface area contributed by atoms with Crippen LogP contribution >= 0.6 is 24.0 Å². The highest BCUT2D eigenvalue weighted by Gasteiger charge is 2.27. The maximum Gasteiger partial charge on any atom is 0.394 e. The number of anilines is 1. The van der Waals surface area contributed by atoms with E-state index in [2.05, 4.69) is 9.97 Å². The molecule has 0 bridgehead atoms. The lowest BCUT2D eigenvalue weighted by atomic mass is 10.0. The molecule has 2 aromatic heterocycles. The molecule has 0 atom stereocenters. The van der Waals surface area contributed by atoms with E-state index >= 15 is 0 Å². The van der Waals surface area contributed by atoms with Crippen LogP contribution in [0.4, 0.5) is 5.82 Å². The van der Waals surface area contributed by atoms with Crippen LogP contribution in [0, 0.1) is 6.92 Å². The summed E-state index contributed by atoms with van der Waals surface area (Å²) in [5.41, 5.74) is 2.23. The molecule has 3 rings (SSSR count). The van der Waals surface area contributed by atoms with E-state index in [0.717, 1.165) is 29.9 Å². The Bertz CT molecular complexity index is 672. The summed E-state index contributed by atoms with van der Waals surface area (Å²) in [6.07, 6.45) is 3.31. The van der Waals surface area contributed by atoms with Crippen LogP contribution in [0.25, 0.3) is 0 Å². The lowest BCUT2D eigenvalue weighted by Crippen LogP contribution is -2.36. The largest absolute Gasteiger partial charge is 0.450 e. The highest BCUT2D eigenvalue weighted by atomic mass is 127. The Kier molecular flexibility index (Phi) is 5.38. The standard InChI is InChI=1S/C15H17N3O3.HI/c1-3-20-15-17-12(9-21-15)14(19)18-8-4-5-11-7-6-10(2)16-13(11)18;/h6-7,9H,3-5,8H2,1-2H3;1H. The zero-order chi connectivity index (χ0) is 14.8. The number of rotatable bonds is 3. The van der Waals surface area contributed by atoms with Crippen molar-refractivity contribution in [1.29, 1.82) is 0 Å². The van der Waals surface area contributed by atoms with Crippen molar-refractivity contribution in [2.75, 3.05) is 18.1 Å². The molecule has 2 aromatic rings. The molecule has 0 saturated heterocycles. The molecule has 0 saturated carbocycles. The van der Waals surface area contributed by atoms with Gasteiger partial charge in [-0.2, -0.15) is 4.98 Å². The first-order chi connectivity index (χ1) is 10.2. The van der Waals surface area contributed by atoms with Gasteiger partial charge in [-0.1, -0.05) is 6.07 Å². The molecule has 6 nitrogen and oxygen atoms in total. The molecule has 1 amide bonds. The number of pyridine rings is 1. The molecule has 0 radical (unpaired) electrons. The number of ether oxygens (including phenoxy) is 1. The fourth-order valence-electron chi connectivity index (χ4n) is 2.42. The normalized spacial score (nSPS) is 13.3. The summed E-state index contributed by atoms with van der Waals surface area (Å²) in [7, 11) is 0. The minimum Gasteiger partial charge on any atom is -0.450 e. The predicted octanol–water partition coefficient (Wildman–Crippen LogP) is 2.99. The molecule has 1 aliphatic rings. The molecule has 118 valence electrons. The summed E-state index contributed by atoms with van der Waals surface area (Å²) in [4.78, 5) is 22.8. The SMILES string of the molecule is CCOc1nc(C(=O)N2CCCc3ccc(C)nc32)co1.I. The van der Waals surface area contributed by atoms with Crippen molar-refractivity contribution >= 4 is 35.7 Å². The molecule has 22 heavy (non-hydrogen) atoms. The second-order valence-electron chi connectivity index (χ2n) is 4.93. The third kappa shape index (κ3) is 3.23. The maximum absolute atomic E-state index is 12.6. The fourth-order valence-corrected chi connectivity index (χ4v) is 2.42. The number of hydrogen-bond acceptors (Lipinski definition) is 5. The van der Waals surface area contributed by atoms with Gasteiger partial charge < -0.3 is 9.15 Å². The Balaban J connectivity index is 0.00000176. The summed E-state index contributed by atoms with van der Waals surface area (Å²) in [6, 6.07) is 4.00. The number of fused-ring (bicyclic) bond motifs is 1. The number of carbonyl (C=O) groups is 1. The highest BCUT2D eigenvalue weighted by molar-refractivity contribution is 14.0. The van der Waals surface area contributed by atoms with Gasteiger partial charge in [0.15, 0.2) is 5.69 Å². The maximum atomic E-state index is 12.6. The second kappa shape index (κ2) is 7.08. The molecule has 0 aromatic carbocycles. The Hall–Kier alpha value is -1.64. The third-order valence-corrected chi connectivity index (χ3v) is 3.39. The molecule has 0 spiro atoms. The van der Waals surface area contributed by atoms with Gasteiger partial charge in [0.05, 0.1) is 6.61 Å². The van der Waals surface area contributed by atoms with Crippen molar-refractivity contribution in [3.05, 3.63) is 35.3 Å². The van der Waals surface area contributed by atoms with Crippen molar-refractivity contribution < 1.29 is 13.9 Å². The van der Waals surface area contributed by atoms with E-state index in [9.17, 15) is 4.79 Å². The van der Waals surface area contributed by atoms with E-state index in [0.29, 0.717) is 13.2 Å². The van der Waals surface area contributed by atoms with E-state index in [-0.39, 0.29) is 41.7 Å². The first kappa shape index (κ1) is 16.7. The molecular weight excluding hydrogens is 397 g/mol. The van der Waals surface area contributed by atoms with Crippen LogP contribution in [0.15, 0.2) is 22.8 Å². The number of aryl methyl sites for hydroxylation is 2. The van der Waals surface area contributed by atoms with Crippen molar-refractivity contribution in [1.82, 2.24) is 9.97 Å². The lowest BCUT2D eigenvalue weighted by molar-refractivity contribution is 0.0979. The van der Waals surface area contributed by atoms with Crippen LogP contribution in [0.2, 0.25) is 0 Å². The summed E-state index contributed by atoms with van der Waals surface area (Å²) >= 11 is 0. The first-order valence-corrected chi connectivity index (χ1v) is 7.05. The van der Waals surface area contributed by atoms with Gasteiger partial charge in [-0.05, 0) is 38.3 Å². The average Bonchev–Trinajstić information content (AvgIpc) is 2.95. The molecular formula is C15H18IN3O3. The number of nitrogens with zero attached hydrogens (tertiary/aromatic N) is 3. The van der Waals surface area contributed by atoms with Crippen LogP contribution in [0.5, 0.6) is 6.08 Å². The quantitative estimate of drug-likeness (QED) is 0.722. The van der Waals surface area contributed by atoms with E-state index in [4.69, 9.17) is 9.15 Å². The number of hydrogen-bond donors (Lipinski definition) is 0. The fraction of sp³-hybridized carbons (Fsp3) is 0.400. The van der Waals surface area contributed by atoms with E-state index in [1.807, 2.05) is 26.0 Å². The van der Waals surface area contributed by atoms with Gasteiger partial charge in [-0.25, -0.2) is 4.98 Å². The zero-order valence-electron chi connectivity index (χ0n) is 12.5. The Morgan fingerprint density at radius 3 is 3.00 bits per heavy atom. The highest BCUT2D eigenvalue weighted by Crippen LogP contribution is 2.27. The summed E-state index contributed by atoms with van der Waals surface area (Å²) < 4.78 is 10.3. The van der Waals surface area contributed by atoms with Gasteiger partial charge in [-0.15, -0.1) is 24.0 Å². The number of oxazole rings is 1. The molecule has 3 heterocycles. The van der Waals surface area contributed by atoms with Gasteiger partial charge in [0.2, 0.25) is 0 Å². The van der Waals surface area contributed by atoms with Gasteiger partial charge in [-0.3, -0.25) is 9.69 Å². The topological polar surface area (TPSA) is 68.5 Å². The van der Waals surface area contributed by atoms with Gasteiger partial charge in [0, 0.05) is 12.2 Å². The smallest absolute Gasteiger partial charge is 0.394 e. The molecule has 0 N–H and O–H groups in total. The van der Waals surface area contributed by atoms with Crippen LogP contribution in [0.3, 0.4) is 0 Å². The summed E-state index contributed by atoms with van der Waals surface area (Å²) in [5, 5.41) is 0. The predicted molar refractivity (Wildman–Crippen MR) is 92.1 cm³/mol. The van der Waals surface area contributed by atoms with Gasteiger partial charge in [0.1, 0.15) is 12.1 Å². The van der Waals surface area contributed by atoms with E-state index in [1.54, 1.807) is 4.90 Å². The van der Waals surface area contributed by atoms with Crippen LogP contribution in [0.1, 0.15) is 35.1 Å². The van der Waals surface area contributed by atoms with Gasteiger partial charge in [0.25, 0.3) is 5.91 Å². The van der Waals surface area contributed by atoms with E-state index < -0.39 is 0 Å². The van der Waals surface area contributed by atoms with Crippen LogP contribution < -0.4 is 9.64 Å². The second-order valence-corrected chi connectivity index (χ2v) is 4.93. The third-order valence-electron chi connectivity index (χ3n) is 3.39. The summed E-state index contributed by atoms with van der Waals surface area (Å²) in [5.74, 6) is 0.524. The van der Waals surface area contributed by atoms with Crippen LogP contribution in [-0.4, -0.2) is 29.0 Å². The minimum atomic E-state index is -0.205. The molecule has 0 fully saturated rings. The summed E-state index contributed by atoms with van der Waals surface area (Å²) in [6.45, 7) is 4.83. The molecule has 1 aliphatic heterocycles. The van der Waals surface area contributed by atoms with Crippen LogP contribution in [-0.2, 0) is 6.42 Å². The minimum absolute atomic E-state index is 0. The average molecular weight is 415 g/mol. The molecule has 0 unspecified atom stereocenters. The monoisotopic (exact) mass is 415 g/mol. The van der Waals surface area contributed by atoms with Crippen molar-refractivity contribution in [3.8, 4) is 6.08 Å². The van der Waals surface area contributed by atoms with Crippen molar-refractivity contribution in [3.63, 3.8) is 0 Å². The van der Waals surface area contributed by atoms with Crippen molar-refractivity contribution in [2.45, 2.75) is 26.7 Å². The number of aromatic nitrogens is 2. The van der Waals surface area contributed by atoms with E-state index in [1.165, 1.54) is 6.26 Å². The Morgan fingerprint density at radius 2 is 2.23 bits per heavy atom. The number of halogens is 1.